The van der Waals surface area contributed by atoms with E-state index in [2.05, 4.69) is 20.4 Å². The molecule has 0 aliphatic rings. The number of carbonyl (C=O) groups excluding carboxylic acids is 1. The van der Waals surface area contributed by atoms with Gasteiger partial charge in [-0.3, -0.25) is 14.6 Å². The fourth-order valence-electron chi connectivity index (χ4n) is 2.45. The highest BCUT2D eigenvalue weighted by molar-refractivity contribution is 7.13. The van der Waals surface area contributed by atoms with E-state index in [1.165, 1.54) is 4.68 Å². The van der Waals surface area contributed by atoms with E-state index < -0.39 is 0 Å². The number of hydrogen-bond acceptors (Lipinski definition) is 5. The Balaban J connectivity index is 2.04. The van der Waals surface area contributed by atoms with Crippen LogP contribution in [0.15, 0.2) is 28.4 Å². The number of rotatable bonds is 6. The van der Waals surface area contributed by atoms with Crippen molar-refractivity contribution in [3.8, 4) is 16.5 Å². The lowest BCUT2D eigenvalue weighted by molar-refractivity contribution is -0.116. The van der Waals surface area contributed by atoms with Gasteiger partial charge in [-0.15, -0.1) is 11.3 Å². The Bertz CT molecular complexity index is 972. The summed E-state index contributed by atoms with van der Waals surface area (Å²) >= 11 is 1.55. The fraction of sp³-hybridized carbons (Fsp3) is 0.333. The van der Waals surface area contributed by atoms with Crippen molar-refractivity contribution in [1.82, 2.24) is 19.7 Å². The fourth-order valence-corrected chi connectivity index (χ4v) is 3.13. The summed E-state index contributed by atoms with van der Waals surface area (Å²) < 4.78 is 1.48. The topological polar surface area (TPSA) is 92.7 Å². The van der Waals surface area contributed by atoms with Gasteiger partial charge in [-0.2, -0.15) is 9.78 Å². The van der Waals surface area contributed by atoms with E-state index in [1.807, 2.05) is 24.4 Å². The number of thiophene rings is 1. The van der Waals surface area contributed by atoms with Crippen LogP contribution in [0.1, 0.15) is 37.4 Å². The van der Waals surface area contributed by atoms with E-state index in [-0.39, 0.29) is 17.4 Å². The highest BCUT2D eigenvalue weighted by Crippen LogP contribution is 2.27. The van der Waals surface area contributed by atoms with Crippen LogP contribution in [0.5, 0.6) is 0 Å². The molecule has 0 aromatic carbocycles. The first-order valence-corrected chi connectivity index (χ1v) is 9.39. The number of unbranched alkanes of at least 4 members (excludes halogenated alkanes) is 1. The average molecular weight is 371 g/mol. The van der Waals surface area contributed by atoms with Crippen LogP contribution in [0.2, 0.25) is 0 Å². The van der Waals surface area contributed by atoms with Crippen LogP contribution in [0.3, 0.4) is 0 Å². The molecule has 8 heteroatoms. The number of aryl methyl sites for hydroxylation is 1. The maximum absolute atomic E-state index is 12.2. The molecule has 0 bridgehead atoms. The summed E-state index contributed by atoms with van der Waals surface area (Å²) in [4.78, 5) is 32.4. The van der Waals surface area contributed by atoms with Gasteiger partial charge < -0.3 is 5.32 Å². The Hall–Kier alpha value is -2.74. The predicted octanol–water partition coefficient (Wildman–Crippen LogP) is 3.43. The van der Waals surface area contributed by atoms with Crippen LogP contribution in [-0.2, 0) is 4.79 Å². The first kappa shape index (κ1) is 18.1. The molecule has 0 aliphatic heterocycles. The van der Waals surface area contributed by atoms with Crippen molar-refractivity contribution < 1.29 is 4.79 Å². The summed E-state index contributed by atoms with van der Waals surface area (Å²) in [6.45, 7) is 5.53. The maximum atomic E-state index is 12.2. The predicted molar refractivity (Wildman–Crippen MR) is 103 cm³/mol. The molecule has 3 aromatic heterocycles. The molecular formula is C18H21N5O2S. The normalized spacial score (nSPS) is 10.9. The molecule has 3 aromatic rings. The number of hydrogen-bond donors (Lipinski definition) is 2. The summed E-state index contributed by atoms with van der Waals surface area (Å²) in [5.74, 6) is 0.685. The van der Waals surface area contributed by atoms with Crippen LogP contribution in [-0.4, -0.2) is 25.7 Å². The van der Waals surface area contributed by atoms with Crippen molar-refractivity contribution in [2.75, 3.05) is 5.32 Å². The van der Waals surface area contributed by atoms with Gasteiger partial charge in [0.15, 0.2) is 0 Å². The summed E-state index contributed by atoms with van der Waals surface area (Å²) in [5, 5.41) is 9.39. The molecule has 0 saturated carbocycles. The van der Waals surface area contributed by atoms with Crippen molar-refractivity contribution in [1.29, 1.82) is 0 Å². The van der Waals surface area contributed by atoms with E-state index in [9.17, 15) is 9.59 Å². The highest BCUT2D eigenvalue weighted by Gasteiger charge is 2.16. The lowest BCUT2D eigenvalue weighted by Gasteiger charge is -2.09. The smallest absolute Gasteiger partial charge is 0.255 e. The Kier molecular flexibility index (Phi) is 5.32. The number of amides is 1. The first-order valence-electron chi connectivity index (χ1n) is 8.51. The summed E-state index contributed by atoms with van der Waals surface area (Å²) in [7, 11) is 0. The molecule has 26 heavy (non-hydrogen) atoms. The zero-order chi connectivity index (χ0) is 18.7. The van der Waals surface area contributed by atoms with Gasteiger partial charge in [0.05, 0.1) is 4.88 Å². The minimum absolute atomic E-state index is 0.0862. The molecule has 3 heterocycles. The second-order valence-corrected chi connectivity index (χ2v) is 7.00. The lowest BCUT2D eigenvalue weighted by Crippen LogP contribution is -2.20. The number of nitrogens with one attached hydrogen (secondary N) is 2. The van der Waals surface area contributed by atoms with Gasteiger partial charge >= 0.3 is 0 Å². The van der Waals surface area contributed by atoms with Gasteiger partial charge in [0.1, 0.15) is 11.5 Å². The van der Waals surface area contributed by atoms with E-state index >= 15 is 0 Å². The molecule has 2 N–H and O–H groups in total. The van der Waals surface area contributed by atoms with Gasteiger partial charge in [-0.1, -0.05) is 19.4 Å². The molecular weight excluding hydrogens is 350 g/mol. The molecule has 0 unspecified atom stereocenters. The molecule has 3 rings (SSSR count). The Morgan fingerprint density at radius 2 is 2.19 bits per heavy atom. The van der Waals surface area contributed by atoms with Crippen LogP contribution in [0.25, 0.3) is 16.5 Å². The van der Waals surface area contributed by atoms with E-state index in [0.717, 1.165) is 17.7 Å². The van der Waals surface area contributed by atoms with Gasteiger partial charge in [-0.25, -0.2) is 4.98 Å². The summed E-state index contributed by atoms with van der Waals surface area (Å²) in [6, 6.07) is 5.69. The third-order valence-corrected chi connectivity index (χ3v) is 4.98. The quantitative estimate of drug-likeness (QED) is 0.694. The molecule has 0 aliphatic carbocycles. The third kappa shape index (κ3) is 3.75. The number of aromatic amines is 1. The molecule has 0 saturated heterocycles. The van der Waals surface area contributed by atoms with Crippen molar-refractivity contribution in [3.63, 3.8) is 0 Å². The zero-order valence-electron chi connectivity index (χ0n) is 15.0. The Labute approximate surface area is 155 Å². The summed E-state index contributed by atoms with van der Waals surface area (Å²) in [6.07, 6.45) is 2.20. The largest absolute Gasteiger partial charge is 0.310 e. The first-order chi connectivity index (χ1) is 12.5. The second-order valence-electron chi connectivity index (χ2n) is 6.06. The molecule has 1 amide bonds. The van der Waals surface area contributed by atoms with Crippen LogP contribution in [0, 0.1) is 13.8 Å². The number of H-pyrrole nitrogens is 1. The molecule has 0 spiro atoms. The van der Waals surface area contributed by atoms with E-state index in [4.69, 9.17) is 0 Å². The number of carbonyl (C=O) groups is 1. The van der Waals surface area contributed by atoms with Gasteiger partial charge in [-0.05, 0) is 31.7 Å². The zero-order valence-corrected chi connectivity index (χ0v) is 15.8. The monoisotopic (exact) mass is 371 g/mol. The van der Waals surface area contributed by atoms with Crippen LogP contribution >= 0.6 is 11.3 Å². The SMILES string of the molecule is CCCCC(=O)Nc1cc(-c2cccs2)nn1-c1nc(C)c(C)c(=O)[nH]1. The van der Waals surface area contributed by atoms with E-state index in [0.29, 0.717) is 29.2 Å². The van der Waals surface area contributed by atoms with Crippen molar-refractivity contribution in [2.24, 2.45) is 0 Å². The van der Waals surface area contributed by atoms with E-state index in [1.54, 1.807) is 31.3 Å². The number of anilines is 1. The third-order valence-electron chi connectivity index (χ3n) is 4.09. The summed E-state index contributed by atoms with van der Waals surface area (Å²) in [5.41, 5.74) is 1.68. The van der Waals surface area contributed by atoms with Gasteiger partial charge in [0.25, 0.3) is 5.56 Å². The van der Waals surface area contributed by atoms with Crippen LogP contribution in [0.4, 0.5) is 5.82 Å². The second kappa shape index (κ2) is 7.65. The molecule has 0 fully saturated rings. The van der Waals surface area contributed by atoms with Crippen molar-refractivity contribution >= 4 is 23.1 Å². The molecule has 7 nitrogen and oxygen atoms in total. The Morgan fingerprint density at radius 3 is 2.85 bits per heavy atom. The lowest BCUT2D eigenvalue weighted by atomic mass is 10.2. The van der Waals surface area contributed by atoms with Crippen molar-refractivity contribution in [2.45, 2.75) is 40.0 Å². The molecule has 0 atom stereocenters. The van der Waals surface area contributed by atoms with Gasteiger partial charge in [0.2, 0.25) is 11.9 Å². The Morgan fingerprint density at radius 1 is 1.38 bits per heavy atom. The van der Waals surface area contributed by atoms with Crippen molar-refractivity contribution in [3.05, 3.63) is 45.2 Å². The minimum atomic E-state index is -0.219. The molecule has 136 valence electrons. The van der Waals surface area contributed by atoms with Crippen LogP contribution < -0.4 is 10.9 Å². The highest BCUT2D eigenvalue weighted by atomic mass is 32.1. The molecule has 0 radical (unpaired) electrons. The minimum Gasteiger partial charge on any atom is -0.310 e. The average Bonchev–Trinajstić information content (AvgIpc) is 3.27. The number of nitrogens with zero attached hydrogens (tertiary/aromatic N) is 3. The van der Waals surface area contributed by atoms with Gasteiger partial charge in [0, 0.05) is 23.7 Å². The number of aromatic nitrogens is 4. The standard InChI is InChI=1S/C18H21N5O2S/c1-4-5-8-16(24)20-15-10-13(14-7-6-9-26-14)22-23(15)18-19-12(3)11(2)17(25)21-18/h6-7,9-10H,4-5,8H2,1-3H3,(H,20,24)(H,19,21,25). The maximum Gasteiger partial charge on any atom is 0.255 e.